The van der Waals surface area contributed by atoms with Crippen LogP contribution in [-0.2, 0) is 101 Å². The summed E-state index contributed by atoms with van der Waals surface area (Å²) in [6, 6.07) is -13.1. The number of aliphatic hydroxyl groups is 2. The summed E-state index contributed by atoms with van der Waals surface area (Å²) in [6.45, 7) is 14.6. The van der Waals surface area contributed by atoms with Gasteiger partial charge in [0, 0.05) is 49.6 Å². The Hall–Kier alpha value is -11.7. The Morgan fingerprint density at radius 2 is 0.930 bits per heavy atom. The van der Waals surface area contributed by atoms with E-state index in [-0.39, 0.29) is 80.9 Å². The molecule has 0 bridgehead atoms. The molecule has 636 valence electrons. The molecule has 1 aromatic carbocycles. The number of primary amides is 2. The van der Waals surface area contributed by atoms with Crippen LogP contribution < -0.4 is 91.6 Å². The normalized spacial score (nSPS) is 16.2. The summed E-state index contributed by atoms with van der Waals surface area (Å²) in [7, 11) is 0. The number of hydrogen-bond acceptors (Lipinski definition) is 23. The fourth-order valence-corrected chi connectivity index (χ4v) is 12.0. The Bertz CT molecular complexity index is 3820. The molecule has 0 unspecified atom stereocenters. The van der Waals surface area contributed by atoms with Gasteiger partial charge in [-0.1, -0.05) is 73.9 Å². The van der Waals surface area contributed by atoms with Crippen molar-refractivity contribution in [2.75, 3.05) is 32.8 Å². The van der Waals surface area contributed by atoms with Gasteiger partial charge in [-0.05, 0) is 94.2 Å². The second kappa shape index (κ2) is 47.1. The number of benzene rings is 1. The third-order valence-electron chi connectivity index (χ3n) is 18.4. The second-order valence-electron chi connectivity index (χ2n) is 29.6. The molecule has 42 nitrogen and oxygen atoms in total. The summed E-state index contributed by atoms with van der Waals surface area (Å²) >= 11 is 0. The van der Waals surface area contributed by atoms with Gasteiger partial charge < -0.3 is 122 Å². The number of aromatic nitrogens is 4. The van der Waals surface area contributed by atoms with Gasteiger partial charge in [0.05, 0.1) is 51.4 Å². The predicted molar refractivity (Wildman–Crippen MR) is 410 cm³/mol. The second-order valence-corrected chi connectivity index (χ2v) is 29.6. The van der Waals surface area contributed by atoms with E-state index >= 15 is 0 Å². The van der Waals surface area contributed by atoms with E-state index in [2.05, 4.69) is 94.4 Å². The van der Waals surface area contributed by atoms with Crippen molar-refractivity contribution >= 4 is 100 Å². The van der Waals surface area contributed by atoms with Crippen LogP contribution in [0.5, 0.6) is 5.75 Å². The first-order valence-corrected chi connectivity index (χ1v) is 37.9. The molecule has 3 aromatic rings. The average Bonchev–Trinajstić information content (AvgIpc) is 1.75. The lowest BCUT2D eigenvalue weighted by Crippen LogP contribution is -2.62. The molecule has 2 aromatic heterocycles. The molecule has 1 aliphatic rings. The number of carbonyl (C=O) groups excluding carboxylic acids is 17. The molecule has 4 rings (SSSR count). The van der Waals surface area contributed by atoms with Crippen molar-refractivity contribution in [3.05, 3.63) is 66.3 Å². The molecule has 15 atom stereocenters. The van der Waals surface area contributed by atoms with Crippen LogP contribution in [-0.4, -0.2) is 258 Å². The number of hydrogen-bond donors (Lipinski definition) is 22. The number of rotatable bonds is 48. The largest absolute Gasteiger partial charge is 0.508 e. The van der Waals surface area contributed by atoms with Crippen LogP contribution in [0.15, 0.2) is 49.3 Å². The smallest absolute Gasteiger partial charge is 0.245 e. The zero-order chi connectivity index (χ0) is 86.1. The number of aromatic hydroxyl groups is 1. The molecule has 1 saturated heterocycles. The molecule has 0 aliphatic carbocycles. The van der Waals surface area contributed by atoms with E-state index in [1.54, 1.807) is 48.5 Å². The van der Waals surface area contributed by atoms with Crippen LogP contribution in [0.2, 0.25) is 0 Å². The number of amides is 17. The van der Waals surface area contributed by atoms with E-state index in [1.807, 2.05) is 6.92 Å². The fourth-order valence-electron chi connectivity index (χ4n) is 12.0. The zero-order valence-electron chi connectivity index (χ0n) is 66.5. The van der Waals surface area contributed by atoms with Crippen molar-refractivity contribution in [2.24, 2.45) is 40.9 Å². The Morgan fingerprint density at radius 3 is 1.42 bits per heavy atom. The molecular weight excluding hydrogens is 1500 g/mol. The lowest BCUT2D eigenvalue weighted by Gasteiger charge is -2.28. The summed E-state index contributed by atoms with van der Waals surface area (Å²) in [5.74, 6) is -16.9. The highest BCUT2D eigenvalue weighted by atomic mass is 16.3. The van der Waals surface area contributed by atoms with Gasteiger partial charge in [-0.3, -0.25) is 81.5 Å². The molecule has 25 N–H and O–H groups in total. The number of carbonyl (C=O) groups is 17. The molecule has 0 radical (unpaired) electrons. The molecular formula is C73H114N22O20. The Balaban J connectivity index is 1.41. The van der Waals surface area contributed by atoms with Crippen molar-refractivity contribution in [1.82, 2.24) is 99.3 Å². The van der Waals surface area contributed by atoms with Crippen LogP contribution in [0, 0.1) is 23.7 Å². The first kappa shape index (κ1) is 95.7. The van der Waals surface area contributed by atoms with E-state index in [1.165, 1.54) is 61.1 Å². The number of nitrogens with zero attached hydrogens (tertiary/aromatic N) is 3. The molecule has 17 amide bonds. The first-order valence-electron chi connectivity index (χ1n) is 37.9. The van der Waals surface area contributed by atoms with Crippen LogP contribution in [0.1, 0.15) is 138 Å². The van der Waals surface area contributed by atoms with E-state index in [0.29, 0.717) is 29.8 Å². The van der Waals surface area contributed by atoms with Crippen LogP contribution >= 0.6 is 0 Å². The molecule has 0 spiro atoms. The highest BCUT2D eigenvalue weighted by Gasteiger charge is 2.40. The zero-order valence-corrected chi connectivity index (χ0v) is 66.5. The van der Waals surface area contributed by atoms with Gasteiger partial charge in [0.25, 0.3) is 0 Å². The van der Waals surface area contributed by atoms with Gasteiger partial charge >= 0.3 is 0 Å². The quantitative estimate of drug-likeness (QED) is 0.0250. The van der Waals surface area contributed by atoms with E-state index in [4.69, 9.17) is 17.2 Å². The number of nitrogens with two attached hydrogens (primary N) is 3. The summed E-state index contributed by atoms with van der Waals surface area (Å²) in [6.07, 6.45) is 3.43. The van der Waals surface area contributed by atoms with E-state index in [0.717, 1.165) is 13.8 Å². The minimum absolute atomic E-state index is 0.0149. The highest BCUT2D eigenvalue weighted by molar-refractivity contribution is 6.01. The van der Waals surface area contributed by atoms with E-state index in [9.17, 15) is 96.8 Å². The number of phenols is 1. The fraction of sp³-hybridized carbons (Fsp3) is 0.603. The summed E-state index contributed by atoms with van der Waals surface area (Å²) in [5.41, 5.74) is 17.7. The summed E-state index contributed by atoms with van der Waals surface area (Å²) in [4.78, 5) is 245. The lowest BCUT2D eigenvalue weighted by atomic mass is 9.98. The number of aliphatic hydroxyl groups excluding tert-OH is 2. The molecule has 1 fully saturated rings. The third-order valence-corrected chi connectivity index (χ3v) is 18.4. The topological polar surface area (TPSA) is 658 Å². The van der Waals surface area contributed by atoms with Gasteiger partial charge in [-0.15, -0.1) is 0 Å². The predicted octanol–water partition coefficient (Wildman–Crippen LogP) is -7.18. The van der Waals surface area contributed by atoms with Gasteiger partial charge in [0.15, 0.2) is 0 Å². The number of H-pyrrole nitrogens is 2. The van der Waals surface area contributed by atoms with Crippen molar-refractivity contribution in [1.29, 1.82) is 0 Å². The number of aromatic amines is 2. The monoisotopic (exact) mass is 1620 g/mol. The maximum atomic E-state index is 14.4. The minimum atomic E-state index is -1.88. The molecule has 42 heteroatoms. The summed E-state index contributed by atoms with van der Waals surface area (Å²) < 4.78 is 0. The first-order chi connectivity index (χ1) is 54.1. The molecule has 3 heterocycles. The molecule has 115 heavy (non-hydrogen) atoms. The highest BCUT2D eigenvalue weighted by Crippen LogP contribution is 2.20. The molecule has 1 aliphatic heterocycles. The number of imidazole rings is 2. The number of nitrogens with one attached hydrogen (secondary N) is 16. The number of likely N-dealkylation sites (tertiary alicyclic amines) is 1. The van der Waals surface area contributed by atoms with Gasteiger partial charge in [-0.25, -0.2) is 9.97 Å². The van der Waals surface area contributed by atoms with Gasteiger partial charge in [0.2, 0.25) is 100 Å². The SMILES string of the molecule is CC[C@H](C)[C@H](NC(=O)[C@H](C)NC(=O)[C@H](Cc1cnc[nH]1)NC(=O)[C@@H]1CCCN1C(=O)CNC(=O)[C@H](CC(C)C)NC(=O)[C@H](CC(C)C)NC(=O)[C@H](Cc1ccc(O)cc1)NC(=O)CNC(=O)[C@H](C)NC(=O)[C@H](CO)NC(=O)[C@H](CC(N)=O)NC(=O)[C@H](CC(C)C)NC(=O)[C@@H](NC(=O)[C@H](Cc1cnc[nH]1)NC(=O)CN)[C@@H](C)O)C(N)=O. The third kappa shape index (κ3) is 32.4. The summed E-state index contributed by atoms with van der Waals surface area (Å²) in [5, 5.41) is 65.5. The van der Waals surface area contributed by atoms with Gasteiger partial charge in [0.1, 0.15) is 84.3 Å². The average molecular weight is 1620 g/mol. The Morgan fingerprint density at radius 1 is 0.496 bits per heavy atom. The number of phenolic OH excluding ortho intramolecular Hbond substituents is 1. The van der Waals surface area contributed by atoms with Crippen molar-refractivity contribution in [2.45, 2.75) is 225 Å². The van der Waals surface area contributed by atoms with Crippen molar-refractivity contribution in [3.63, 3.8) is 0 Å². The van der Waals surface area contributed by atoms with Gasteiger partial charge in [-0.2, -0.15) is 0 Å². The maximum absolute atomic E-state index is 14.4. The Kier molecular flexibility index (Phi) is 39.2. The Labute approximate surface area is 664 Å². The lowest BCUT2D eigenvalue weighted by molar-refractivity contribution is -0.140. The van der Waals surface area contributed by atoms with Crippen LogP contribution in [0.25, 0.3) is 0 Å². The van der Waals surface area contributed by atoms with Crippen LogP contribution in [0.3, 0.4) is 0 Å². The standard InChI is InChI=1S/C73H114N22O20/c1-12-38(8)59(61(76)103)93-63(105)40(10)84-65(107)51(25-44-29-78-34-82-44)90-72(114)54-14-13-19-95(54)58(102)31-80-64(106)46(20-35(2)3)87-66(108)47(21-36(4)5)88-68(110)49(23-42-15-17-45(98)18-16-42)86-57(101)30-79-62(104)39(9)83-71(113)53(32-96)92-69(111)52(26-55(75)99)89-67(109)48(22-37(6)7)91-73(115)60(41(11)97)94-70(112)50(85-56(100)27-74)24-43-28-77-33-81-43/h15-18,28-29,33-41,46-54,59-60,96-98H,12-14,19-27,30-32,74H2,1-11H3,(H2,75,99)(H2,76,103)(H,77,81)(H,78,82)(H,79,104)(H,80,106)(H,83,113)(H,84,107)(H,85,100)(H,86,101)(H,87,108)(H,88,110)(H,89,109)(H,90,114)(H,91,115)(H,92,111)(H,93,105)(H,94,112)/t38-,39-,40-,41+,46-,47-,48-,49-,50-,51-,52-,53-,54-,59-,60-/m0/s1. The van der Waals surface area contributed by atoms with Crippen molar-refractivity contribution in [3.8, 4) is 5.75 Å². The minimum Gasteiger partial charge on any atom is -0.508 e. The van der Waals surface area contributed by atoms with E-state index < -0.39 is 218 Å². The maximum Gasteiger partial charge on any atom is 0.245 e. The van der Waals surface area contributed by atoms with Crippen molar-refractivity contribution < 1.29 is 96.8 Å². The van der Waals surface area contributed by atoms with Crippen LogP contribution in [0.4, 0.5) is 0 Å². The molecule has 0 saturated carbocycles.